The molecule has 7 nitrogen and oxygen atoms in total. The number of nitrogens with one attached hydrogen (secondary N) is 2. The molecule has 0 fully saturated rings. The number of ether oxygens (including phenoxy) is 1. The van der Waals surface area contributed by atoms with E-state index in [-0.39, 0.29) is 6.04 Å². The van der Waals surface area contributed by atoms with Gasteiger partial charge in [0.15, 0.2) is 0 Å². The molecule has 2 rings (SSSR count). The molecule has 0 aliphatic carbocycles. The molecule has 1 atom stereocenters. The summed E-state index contributed by atoms with van der Waals surface area (Å²) in [5, 5.41) is 5.17. The molecule has 1 aromatic carbocycles. The summed E-state index contributed by atoms with van der Waals surface area (Å²) >= 11 is 0. The van der Waals surface area contributed by atoms with Gasteiger partial charge in [-0.25, -0.2) is 4.98 Å². The average molecular weight is 342 g/mol. The molecule has 1 heterocycles. The first kappa shape index (κ1) is 18.4. The van der Waals surface area contributed by atoms with Crippen molar-refractivity contribution in [2.45, 2.75) is 6.04 Å². The highest BCUT2D eigenvalue weighted by atomic mass is 16.5. The van der Waals surface area contributed by atoms with E-state index in [1.54, 1.807) is 12.1 Å². The Balaban J connectivity index is 1.92. The summed E-state index contributed by atoms with van der Waals surface area (Å²) < 4.78 is 4.94. The second-order valence-electron chi connectivity index (χ2n) is 5.64. The van der Waals surface area contributed by atoms with E-state index in [1.165, 1.54) is 13.3 Å². The van der Waals surface area contributed by atoms with Gasteiger partial charge in [-0.3, -0.25) is 9.59 Å². The minimum atomic E-state index is -0.738. The number of nitrogens with zero attached hydrogens (tertiary/aromatic N) is 2. The molecule has 0 saturated heterocycles. The Morgan fingerprint density at radius 1 is 1.12 bits per heavy atom. The van der Waals surface area contributed by atoms with Crippen molar-refractivity contribution in [3.8, 4) is 5.88 Å². The summed E-state index contributed by atoms with van der Waals surface area (Å²) in [6.45, 7) is 0.324. The maximum Gasteiger partial charge on any atom is 0.313 e. The first-order valence-corrected chi connectivity index (χ1v) is 7.82. The lowest BCUT2D eigenvalue weighted by Gasteiger charge is -2.25. The predicted octanol–water partition coefficient (Wildman–Crippen LogP) is 1.45. The minimum absolute atomic E-state index is 0.0272. The molecule has 132 valence electrons. The summed E-state index contributed by atoms with van der Waals surface area (Å²) in [6.07, 6.45) is 1.43. The fourth-order valence-corrected chi connectivity index (χ4v) is 2.31. The van der Waals surface area contributed by atoms with E-state index in [0.29, 0.717) is 18.1 Å². The zero-order valence-corrected chi connectivity index (χ0v) is 14.5. The number of anilines is 1. The summed E-state index contributed by atoms with van der Waals surface area (Å²) in [5.74, 6) is -1.00. The van der Waals surface area contributed by atoms with Crippen molar-refractivity contribution < 1.29 is 14.3 Å². The number of carbonyl (C=O) groups excluding carboxylic acids is 2. The molecule has 0 bridgehead atoms. The van der Waals surface area contributed by atoms with Crippen molar-refractivity contribution in [3.63, 3.8) is 0 Å². The Bertz CT molecular complexity index is 702. The van der Waals surface area contributed by atoms with Crippen LogP contribution in [-0.4, -0.2) is 49.4 Å². The molecule has 2 N–H and O–H groups in total. The SMILES string of the molecule is COc1ccc(NC(=O)C(=O)NC[C@@H](c2ccccc2)N(C)C)cn1. The highest BCUT2D eigenvalue weighted by Crippen LogP contribution is 2.16. The van der Waals surface area contributed by atoms with Gasteiger partial charge in [0, 0.05) is 12.6 Å². The van der Waals surface area contributed by atoms with Crippen LogP contribution in [0.15, 0.2) is 48.7 Å². The van der Waals surface area contributed by atoms with E-state index in [9.17, 15) is 9.59 Å². The molecule has 0 spiro atoms. The minimum Gasteiger partial charge on any atom is -0.481 e. The number of hydrogen-bond acceptors (Lipinski definition) is 5. The molecule has 0 aliphatic rings. The topological polar surface area (TPSA) is 83.6 Å². The van der Waals surface area contributed by atoms with Crippen LogP contribution in [0.25, 0.3) is 0 Å². The normalized spacial score (nSPS) is 11.7. The number of rotatable bonds is 6. The quantitative estimate of drug-likeness (QED) is 0.776. The molecular formula is C18H22N4O3. The maximum absolute atomic E-state index is 12.0. The first-order valence-electron chi connectivity index (χ1n) is 7.82. The molecule has 2 amide bonds. The van der Waals surface area contributed by atoms with Crippen molar-refractivity contribution in [3.05, 3.63) is 54.2 Å². The van der Waals surface area contributed by atoms with E-state index < -0.39 is 11.8 Å². The van der Waals surface area contributed by atoms with E-state index in [0.717, 1.165) is 5.56 Å². The third kappa shape index (κ3) is 5.29. The lowest BCUT2D eigenvalue weighted by molar-refractivity contribution is -0.136. The number of pyridine rings is 1. The monoisotopic (exact) mass is 342 g/mol. The van der Waals surface area contributed by atoms with Gasteiger partial charge in [-0.15, -0.1) is 0 Å². The summed E-state index contributed by atoms with van der Waals surface area (Å²) in [5.41, 5.74) is 1.49. The number of hydrogen-bond donors (Lipinski definition) is 2. The van der Waals surface area contributed by atoms with Gasteiger partial charge in [-0.1, -0.05) is 30.3 Å². The Hall–Kier alpha value is -2.93. The molecular weight excluding hydrogens is 320 g/mol. The largest absolute Gasteiger partial charge is 0.481 e. The zero-order valence-electron chi connectivity index (χ0n) is 14.5. The van der Waals surface area contributed by atoms with Gasteiger partial charge in [0.05, 0.1) is 25.0 Å². The number of likely N-dealkylation sites (N-methyl/N-ethyl adjacent to an activating group) is 1. The Morgan fingerprint density at radius 3 is 2.40 bits per heavy atom. The molecule has 0 unspecified atom stereocenters. The van der Waals surface area contributed by atoms with Crippen LogP contribution in [0.2, 0.25) is 0 Å². The molecule has 7 heteroatoms. The predicted molar refractivity (Wildman–Crippen MR) is 95.3 cm³/mol. The van der Waals surface area contributed by atoms with Crippen LogP contribution < -0.4 is 15.4 Å². The Labute approximate surface area is 147 Å². The lowest BCUT2D eigenvalue weighted by atomic mass is 10.1. The standard InChI is InChI=1S/C18H22N4O3/c1-22(2)15(13-7-5-4-6-8-13)12-20-17(23)18(24)21-14-9-10-16(25-3)19-11-14/h4-11,15H,12H2,1-3H3,(H,20,23)(H,21,24)/t15-/m0/s1. The van der Waals surface area contributed by atoms with E-state index in [4.69, 9.17) is 4.74 Å². The van der Waals surface area contributed by atoms with Crippen LogP contribution in [-0.2, 0) is 9.59 Å². The molecule has 0 saturated carbocycles. The number of aromatic nitrogens is 1. The van der Waals surface area contributed by atoms with Gasteiger partial charge in [0.25, 0.3) is 0 Å². The Morgan fingerprint density at radius 2 is 1.84 bits per heavy atom. The molecule has 0 aliphatic heterocycles. The second-order valence-corrected chi connectivity index (χ2v) is 5.64. The fourth-order valence-electron chi connectivity index (χ4n) is 2.31. The summed E-state index contributed by atoms with van der Waals surface area (Å²) in [6, 6.07) is 13.0. The van der Waals surface area contributed by atoms with E-state index in [1.807, 2.05) is 49.3 Å². The van der Waals surface area contributed by atoms with Crippen LogP contribution in [0.3, 0.4) is 0 Å². The zero-order chi connectivity index (χ0) is 18.2. The van der Waals surface area contributed by atoms with Crippen LogP contribution in [0.4, 0.5) is 5.69 Å². The highest BCUT2D eigenvalue weighted by molar-refractivity contribution is 6.39. The van der Waals surface area contributed by atoms with Gasteiger partial charge in [-0.05, 0) is 25.7 Å². The van der Waals surface area contributed by atoms with Gasteiger partial charge in [-0.2, -0.15) is 0 Å². The van der Waals surface area contributed by atoms with Crippen molar-refractivity contribution in [2.24, 2.45) is 0 Å². The van der Waals surface area contributed by atoms with Crippen LogP contribution in [0.5, 0.6) is 5.88 Å². The number of methoxy groups -OCH3 is 1. The smallest absolute Gasteiger partial charge is 0.313 e. The average Bonchev–Trinajstić information content (AvgIpc) is 2.63. The number of amides is 2. The van der Waals surface area contributed by atoms with Crippen molar-refractivity contribution in [1.82, 2.24) is 15.2 Å². The summed E-state index contributed by atoms with van der Waals surface area (Å²) in [7, 11) is 5.35. The van der Waals surface area contributed by atoms with Gasteiger partial charge in [0.2, 0.25) is 5.88 Å². The second kappa shape index (κ2) is 8.79. The Kier molecular flexibility index (Phi) is 6.47. The van der Waals surface area contributed by atoms with E-state index >= 15 is 0 Å². The highest BCUT2D eigenvalue weighted by Gasteiger charge is 2.18. The van der Waals surface area contributed by atoms with Crippen molar-refractivity contribution >= 4 is 17.5 Å². The third-order valence-electron chi connectivity index (χ3n) is 3.67. The van der Waals surface area contributed by atoms with Crippen LogP contribution in [0.1, 0.15) is 11.6 Å². The molecule has 1 aromatic heterocycles. The maximum atomic E-state index is 12.0. The fraction of sp³-hybridized carbons (Fsp3) is 0.278. The van der Waals surface area contributed by atoms with Crippen molar-refractivity contribution in [1.29, 1.82) is 0 Å². The lowest BCUT2D eigenvalue weighted by Crippen LogP contribution is -2.40. The molecule has 25 heavy (non-hydrogen) atoms. The van der Waals surface area contributed by atoms with Crippen LogP contribution in [0, 0.1) is 0 Å². The van der Waals surface area contributed by atoms with Crippen LogP contribution >= 0.6 is 0 Å². The summed E-state index contributed by atoms with van der Waals surface area (Å²) in [4.78, 5) is 30.0. The van der Waals surface area contributed by atoms with Gasteiger partial charge >= 0.3 is 11.8 Å². The van der Waals surface area contributed by atoms with E-state index in [2.05, 4.69) is 15.6 Å². The first-order chi connectivity index (χ1) is 12.0. The number of benzene rings is 1. The molecule has 0 radical (unpaired) electrons. The molecule has 2 aromatic rings. The number of carbonyl (C=O) groups is 2. The van der Waals surface area contributed by atoms with Gasteiger partial charge < -0.3 is 20.3 Å². The van der Waals surface area contributed by atoms with Gasteiger partial charge in [0.1, 0.15) is 0 Å². The third-order valence-corrected chi connectivity index (χ3v) is 3.67. The van der Waals surface area contributed by atoms with Crippen molar-refractivity contribution in [2.75, 3.05) is 33.1 Å².